The Morgan fingerprint density at radius 2 is 1.92 bits per heavy atom. The van der Waals surface area contributed by atoms with Crippen molar-refractivity contribution in [2.75, 3.05) is 13.1 Å². The number of rotatable bonds is 4. The first-order chi connectivity index (χ1) is 12.3. The molecule has 0 aliphatic carbocycles. The minimum atomic E-state index is -0.179. The number of benzene rings is 1. The molecule has 1 aromatic carbocycles. The van der Waals surface area contributed by atoms with Gasteiger partial charge in [0, 0.05) is 21.5 Å². The lowest BCUT2D eigenvalue weighted by molar-refractivity contribution is -0.127. The van der Waals surface area contributed by atoms with Crippen LogP contribution in [0, 0.1) is 5.92 Å². The van der Waals surface area contributed by atoms with E-state index in [1.807, 2.05) is 45.0 Å². The van der Waals surface area contributed by atoms with Crippen molar-refractivity contribution in [3.8, 4) is 11.4 Å². The molecule has 6 nitrogen and oxygen atoms in total. The predicted molar refractivity (Wildman–Crippen MR) is 103 cm³/mol. The van der Waals surface area contributed by atoms with Gasteiger partial charge in [0.1, 0.15) is 0 Å². The normalized spacial score (nSPS) is 16.6. The molecule has 26 heavy (non-hydrogen) atoms. The van der Waals surface area contributed by atoms with Crippen molar-refractivity contribution in [2.24, 2.45) is 5.92 Å². The van der Waals surface area contributed by atoms with Crippen molar-refractivity contribution in [2.45, 2.75) is 45.7 Å². The highest BCUT2D eigenvalue weighted by atomic mass is 79.9. The van der Waals surface area contributed by atoms with Crippen molar-refractivity contribution in [3.63, 3.8) is 0 Å². The molecule has 1 aromatic heterocycles. The molecule has 7 heteroatoms. The number of carbonyl (C=O) groups is 1. The molecule has 0 radical (unpaired) electrons. The number of nitrogens with zero attached hydrogens (tertiary/aromatic N) is 3. The Labute approximate surface area is 162 Å². The van der Waals surface area contributed by atoms with Crippen molar-refractivity contribution >= 4 is 21.8 Å². The summed E-state index contributed by atoms with van der Waals surface area (Å²) in [6, 6.07) is 7.83. The second kappa shape index (κ2) is 7.88. The van der Waals surface area contributed by atoms with Gasteiger partial charge in [0.2, 0.25) is 17.6 Å². The van der Waals surface area contributed by atoms with Crippen LogP contribution in [0.2, 0.25) is 0 Å². The average molecular weight is 421 g/mol. The summed E-state index contributed by atoms with van der Waals surface area (Å²) in [5.41, 5.74) is 0.752. The molecule has 0 spiro atoms. The molecule has 0 unspecified atom stereocenters. The molecule has 1 aliphatic rings. The number of hydrogen-bond donors (Lipinski definition) is 1. The molecule has 0 bridgehead atoms. The number of piperidine rings is 1. The van der Waals surface area contributed by atoms with Crippen molar-refractivity contribution in [1.82, 2.24) is 20.4 Å². The first-order valence-electron chi connectivity index (χ1n) is 8.93. The van der Waals surface area contributed by atoms with E-state index >= 15 is 0 Å². The molecule has 0 saturated carbocycles. The maximum atomic E-state index is 12.3. The van der Waals surface area contributed by atoms with Gasteiger partial charge in [-0.1, -0.05) is 21.1 Å². The number of aromatic nitrogens is 2. The zero-order valence-corrected chi connectivity index (χ0v) is 17.0. The zero-order chi connectivity index (χ0) is 18.7. The number of carbonyl (C=O) groups excluding carboxylic acids is 1. The monoisotopic (exact) mass is 420 g/mol. The lowest BCUT2D eigenvalue weighted by Gasteiger charge is -2.32. The van der Waals surface area contributed by atoms with E-state index < -0.39 is 0 Å². The summed E-state index contributed by atoms with van der Waals surface area (Å²) in [5.74, 6) is 1.46. The highest BCUT2D eigenvalue weighted by Gasteiger charge is 2.28. The summed E-state index contributed by atoms with van der Waals surface area (Å²) in [4.78, 5) is 19.0. The summed E-state index contributed by atoms with van der Waals surface area (Å²) in [6.07, 6.45) is 1.71. The Kier molecular flexibility index (Phi) is 5.77. The first-order valence-corrected chi connectivity index (χ1v) is 9.72. The smallest absolute Gasteiger partial charge is 0.241 e. The number of halogens is 1. The largest absolute Gasteiger partial charge is 0.351 e. The summed E-state index contributed by atoms with van der Waals surface area (Å²) in [7, 11) is 0. The molecule has 1 N–H and O–H groups in total. The van der Waals surface area contributed by atoms with E-state index in [4.69, 9.17) is 4.52 Å². The molecular formula is C19H25BrN4O2. The van der Waals surface area contributed by atoms with E-state index in [1.54, 1.807) is 0 Å². The van der Waals surface area contributed by atoms with Crippen LogP contribution in [-0.2, 0) is 11.3 Å². The van der Waals surface area contributed by atoms with Crippen molar-refractivity contribution in [3.05, 3.63) is 34.6 Å². The van der Waals surface area contributed by atoms with Gasteiger partial charge in [0.25, 0.3) is 0 Å². The van der Waals surface area contributed by atoms with Gasteiger partial charge in [-0.2, -0.15) is 4.98 Å². The fourth-order valence-corrected chi connectivity index (χ4v) is 3.32. The number of amides is 1. The molecule has 1 saturated heterocycles. The Balaban J connectivity index is 1.52. The van der Waals surface area contributed by atoms with Crippen LogP contribution in [0.4, 0.5) is 0 Å². The van der Waals surface area contributed by atoms with Gasteiger partial charge in [-0.15, -0.1) is 0 Å². The predicted octanol–water partition coefficient (Wildman–Crippen LogP) is 3.63. The Hall–Kier alpha value is -1.73. The van der Waals surface area contributed by atoms with Crippen molar-refractivity contribution in [1.29, 1.82) is 0 Å². The van der Waals surface area contributed by atoms with E-state index in [0.717, 1.165) is 36.0 Å². The van der Waals surface area contributed by atoms with Crippen LogP contribution in [0.5, 0.6) is 0 Å². The standard InChI is InChI=1S/C19H25BrN4O2/c1-19(2,3)22-18(25)14-8-10-24(11-9-14)12-16-21-17(23-26-16)13-4-6-15(20)7-5-13/h4-7,14H,8-12H2,1-3H3,(H,22,25). The SMILES string of the molecule is CC(C)(C)NC(=O)C1CCN(Cc2nc(-c3ccc(Br)cc3)no2)CC1. The van der Waals surface area contributed by atoms with Gasteiger partial charge < -0.3 is 9.84 Å². The van der Waals surface area contributed by atoms with Gasteiger partial charge in [-0.05, 0) is 71.0 Å². The Bertz CT molecular complexity index is 744. The van der Waals surface area contributed by atoms with Crippen LogP contribution in [0.25, 0.3) is 11.4 Å². The lowest BCUT2D eigenvalue weighted by Crippen LogP contribution is -2.46. The summed E-state index contributed by atoms with van der Waals surface area (Å²) in [6.45, 7) is 8.38. The maximum absolute atomic E-state index is 12.3. The fraction of sp³-hybridized carbons (Fsp3) is 0.526. The van der Waals surface area contributed by atoms with Crippen molar-refractivity contribution < 1.29 is 9.32 Å². The van der Waals surface area contributed by atoms with Gasteiger partial charge in [0.15, 0.2) is 0 Å². The molecule has 2 aromatic rings. The van der Waals surface area contributed by atoms with Crippen LogP contribution >= 0.6 is 15.9 Å². The minimum absolute atomic E-state index is 0.0893. The highest BCUT2D eigenvalue weighted by Crippen LogP contribution is 2.22. The van der Waals surface area contributed by atoms with Gasteiger partial charge in [0.05, 0.1) is 6.54 Å². The van der Waals surface area contributed by atoms with Gasteiger partial charge >= 0.3 is 0 Å². The Morgan fingerprint density at radius 1 is 1.27 bits per heavy atom. The topological polar surface area (TPSA) is 71.3 Å². The summed E-state index contributed by atoms with van der Waals surface area (Å²) < 4.78 is 6.42. The third-order valence-corrected chi connectivity index (χ3v) is 4.91. The second-order valence-electron chi connectivity index (χ2n) is 7.81. The second-order valence-corrected chi connectivity index (χ2v) is 8.72. The third-order valence-electron chi connectivity index (χ3n) is 4.39. The lowest BCUT2D eigenvalue weighted by atomic mass is 9.94. The molecule has 1 amide bonds. The molecule has 2 heterocycles. The fourth-order valence-electron chi connectivity index (χ4n) is 3.05. The van der Waals surface area contributed by atoms with Crippen LogP contribution in [0.3, 0.4) is 0 Å². The van der Waals surface area contributed by atoms with E-state index in [-0.39, 0.29) is 17.4 Å². The molecule has 0 atom stereocenters. The molecular weight excluding hydrogens is 396 g/mol. The van der Waals surface area contributed by atoms with E-state index in [2.05, 4.69) is 36.3 Å². The molecule has 1 fully saturated rings. The van der Waals surface area contributed by atoms with Crippen LogP contribution < -0.4 is 5.32 Å². The van der Waals surface area contributed by atoms with Crippen LogP contribution in [0.1, 0.15) is 39.5 Å². The maximum Gasteiger partial charge on any atom is 0.241 e. The molecule has 140 valence electrons. The van der Waals surface area contributed by atoms with E-state index in [1.165, 1.54) is 0 Å². The minimum Gasteiger partial charge on any atom is -0.351 e. The van der Waals surface area contributed by atoms with Gasteiger partial charge in [-0.3, -0.25) is 9.69 Å². The summed E-state index contributed by atoms with van der Waals surface area (Å²) >= 11 is 3.42. The average Bonchev–Trinajstić information content (AvgIpc) is 3.03. The molecule has 3 rings (SSSR count). The first kappa shape index (κ1) is 19.0. The highest BCUT2D eigenvalue weighted by molar-refractivity contribution is 9.10. The van der Waals surface area contributed by atoms with Crippen LogP contribution in [0.15, 0.2) is 33.3 Å². The van der Waals surface area contributed by atoms with Gasteiger partial charge in [-0.25, -0.2) is 0 Å². The summed E-state index contributed by atoms with van der Waals surface area (Å²) in [5, 5.41) is 7.15. The third kappa shape index (κ3) is 5.14. The zero-order valence-electron chi connectivity index (χ0n) is 15.5. The molecule has 1 aliphatic heterocycles. The number of hydrogen-bond acceptors (Lipinski definition) is 5. The number of nitrogens with one attached hydrogen (secondary N) is 1. The quantitative estimate of drug-likeness (QED) is 0.817. The van der Waals surface area contributed by atoms with Crippen LogP contribution in [-0.4, -0.2) is 39.6 Å². The Morgan fingerprint density at radius 3 is 2.54 bits per heavy atom. The van der Waals surface area contributed by atoms with E-state index in [9.17, 15) is 4.79 Å². The number of likely N-dealkylation sites (tertiary alicyclic amines) is 1. The van der Waals surface area contributed by atoms with E-state index in [0.29, 0.717) is 18.3 Å².